The molecule has 184 valence electrons. The van der Waals surface area contributed by atoms with Gasteiger partial charge in [0.05, 0.1) is 29.5 Å². The van der Waals surface area contributed by atoms with Gasteiger partial charge in [0.25, 0.3) is 11.5 Å². The molecule has 2 aliphatic rings. The van der Waals surface area contributed by atoms with E-state index in [0.717, 1.165) is 27.1 Å². The maximum Gasteiger partial charge on any atom is 0.338 e. The zero-order chi connectivity index (χ0) is 25.7. The maximum atomic E-state index is 14.0. The lowest BCUT2D eigenvalue weighted by molar-refractivity contribution is -0.139. The highest BCUT2D eigenvalue weighted by atomic mass is 79.9. The third kappa shape index (κ3) is 3.90. The molecule has 0 aliphatic carbocycles. The van der Waals surface area contributed by atoms with E-state index >= 15 is 0 Å². The second kappa shape index (κ2) is 9.18. The average molecular weight is 567 g/mol. The largest absolute Gasteiger partial charge is 0.463 e. The van der Waals surface area contributed by atoms with Gasteiger partial charge in [0.2, 0.25) is 0 Å². The third-order valence-corrected chi connectivity index (χ3v) is 7.72. The van der Waals surface area contributed by atoms with Gasteiger partial charge in [0.1, 0.15) is 4.53 Å². The van der Waals surface area contributed by atoms with Gasteiger partial charge < -0.3 is 15.0 Å². The summed E-state index contributed by atoms with van der Waals surface area (Å²) in [5, 5.41) is 2.83. The fraction of sp³-hybridized carbons (Fsp3) is 0.231. The molecule has 2 aliphatic heterocycles. The number of nitrogens with zero attached hydrogens (tertiary/aromatic N) is 3. The minimum atomic E-state index is -0.739. The Kier molecular flexibility index (Phi) is 6.17. The van der Waals surface area contributed by atoms with Gasteiger partial charge in [-0.3, -0.25) is 14.2 Å². The van der Waals surface area contributed by atoms with Crippen LogP contribution in [0.1, 0.15) is 31.0 Å². The van der Waals surface area contributed by atoms with Crippen LogP contribution in [0, 0.1) is 0 Å². The van der Waals surface area contributed by atoms with E-state index in [1.807, 2.05) is 55.4 Å². The fourth-order valence-corrected chi connectivity index (χ4v) is 5.98. The van der Waals surface area contributed by atoms with Crippen LogP contribution in [-0.4, -0.2) is 37.1 Å². The molecule has 3 heterocycles. The Labute approximate surface area is 219 Å². The minimum Gasteiger partial charge on any atom is -0.463 e. The number of carbonyl (C=O) groups excluding carboxylic acids is 2. The van der Waals surface area contributed by atoms with Crippen molar-refractivity contribution >= 4 is 56.1 Å². The zero-order valence-electron chi connectivity index (χ0n) is 20.1. The molecule has 36 heavy (non-hydrogen) atoms. The van der Waals surface area contributed by atoms with Crippen molar-refractivity contribution in [3.8, 4) is 0 Å². The Bertz CT molecular complexity index is 1630. The molecule has 1 amide bonds. The first kappa shape index (κ1) is 24.2. The highest BCUT2D eigenvalue weighted by Gasteiger charge is 2.35. The lowest BCUT2D eigenvalue weighted by Gasteiger charge is -2.25. The summed E-state index contributed by atoms with van der Waals surface area (Å²) in [6.45, 7) is 3.67. The highest BCUT2D eigenvalue weighted by Crippen LogP contribution is 2.34. The van der Waals surface area contributed by atoms with E-state index in [4.69, 9.17) is 4.74 Å². The number of halogens is 1. The first-order valence-corrected chi connectivity index (χ1v) is 12.9. The smallest absolute Gasteiger partial charge is 0.338 e. The van der Waals surface area contributed by atoms with Gasteiger partial charge in [-0.1, -0.05) is 39.4 Å². The highest BCUT2D eigenvalue weighted by molar-refractivity contribution is 9.10. The predicted molar refractivity (Wildman–Crippen MR) is 143 cm³/mol. The van der Waals surface area contributed by atoms with Gasteiger partial charge in [0.15, 0.2) is 4.80 Å². The molecule has 0 radical (unpaired) electrons. The minimum absolute atomic E-state index is 0.197. The van der Waals surface area contributed by atoms with Crippen molar-refractivity contribution in [2.45, 2.75) is 19.9 Å². The van der Waals surface area contributed by atoms with Crippen LogP contribution in [0.3, 0.4) is 0 Å². The average Bonchev–Trinajstić information content (AvgIpc) is 3.32. The summed E-state index contributed by atoms with van der Waals surface area (Å²) < 4.78 is 7.92. The van der Waals surface area contributed by atoms with Gasteiger partial charge in [-0.15, -0.1) is 0 Å². The number of fused-ring (bicyclic) bond motifs is 2. The summed E-state index contributed by atoms with van der Waals surface area (Å²) in [5.74, 6) is -0.868. The van der Waals surface area contributed by atoms with E-state index in [9.17, 15) is 14.4 Å². The molecule has 8 nitrogen and oxygen atoms in total. The van der Waals surface area contributed by atoms with Crippen molar-refractivity contribution < 1.29 is 14.3 Å². The van der Waals surface area contributed by atoms with Crippen LogP contribution in [0.4, 0.5) is 11.4 Å². The molecular formula is C26H23BrN4O4S. The number of thiazole rings is 1. The van der Waals surface area contributed by atoms with Crippen molar-refractivity contribution in [3.63, 3.8) is 0 Å². The normalized spacial score (nSPS) is 17.8. The Hall–Kier alpha value is -3.50. The predicted octanol–water partition coefficient (Wildman–Crippen LogP) is 2.95. The van der Waals surface area contributed by atoms with Crippen molar-refractivity contribution in [2.75, 3.05) is 30.9 Å². The monoisotopic (exact) mass is 566 g/mol. The lowest BCUT2D eigenvalue weighted by atomic mass is 9.95. The molecule has 3 aromatic rings. The molecule has 0 bridgehead atoms. The summed E-state index contributed by atoms with van der Waals surface area (Å²) >= 11 is 4.60. The molecule has 2 aromatic carbocycles. The number of carbonyl (C=O) groups is 2. The van der Waals surface area contributed by atoms with Crippen LogP contribution in [0.15, 0.2) is 68.0 Å². The van der Waals surface area contributed by atoms with Crippen LogP contribution < -0.4 is 25.1 Å². The Morgan fingerprint density at radius 2 is 1.92 bits per heavy atom. The molecule has 0 spiro atoms. The number of benzene rings is 2. The van der Waals surface area contributed by atoms with Crippen LogP contribution in [-0.2, 0) is 14.3 Å². The molecule has 0 saturated heterocycles. The van der Waals surface area contributed by atoms with Crippen LogP contribution in [0.25, 0.3) is 5.57 Å². The quantitative estimate of drug-likeness (QED) is 0.490. The molecular weight excluding hydrogens is 544 g/mol. The van der Waals surface area contributed by atoms with Crippen molar-refractivity contribution in [1.82, 2.24) is 4.57 Å². The van der Waals surface area contributed by atoms with E-state index in [1.54, 1.807) is 19.9 Å². The van der Waals surface area contributed by atoms with E-state index in [0.29, 0.717) is 32.9 Å². The third-order valence-electron chi connectivity index (χ3n) is 6.17. The molecule has 1 atom stereocenters. The Balaban J connectivity index is 1.80. The standard InChI is InChI=1S/C26H23BrN4O4S/c1-5-35-25(34)19-13(2)28-26-31(21(19)14-6-9-16(10-7-14)30(3)4)24(33)22(36-26)20-17-12-15(27)8-11-18(17)29-23(20)32/h6-12,21H,5H2,1-4H3,(H,29,32)/b22-20-/t21-/m0/s1. The molecule has 0 unspecified atom stereocenters. The van der Waals surface area contributed by atoms with Crippen molar-refractivity contribution in [2.24, 2.45) is 4.99 Å². The summed E-state index contributed by atoms with van der Waals surface area (Å²) in [4.78, 5) is 47.0. The van der Waals surface area contributed by atoms with Crippen molar-refractivity contribution in [1.29, 1.82) is 0 Å². The number of allylic oxidation sites excluding steroid dienone is 1. The Morgan fingerprint density at radius 3 is 2.58 bits per heavy atom. The van der Waals surface area contributed by atoms with Gasteiger partial charge >= 0.3 is 5.97 Å². The Morgan fingerprint density at radius 1 is 1.19 bits per heavy atom. The second-order valence-electron chi connectivity index (χ2n) is 8.63. The number of hydrogen-bond donors (Lipinski definition) is 1. The number of esters is 1. The number of hydrogen-bond acceptors (Lipinski definition) is 7. The summed E-state index contributed by atoms with van der Waals surface area (Å²) in [5.41, 5.74) is 3.72. The number of nitrogens with one attached hydrogen (secondary N) is 1. The number of rotatable bonds is 4. The number of anilines is 2. The number of aromatic nitrogens is 1. The molecule has 1 N–H and O–H groups in total. The number of ether oxygens (including phenoxy) is 1. The maximum absolute atomic E-state index is 14.0. The SMILES string of the molecule is CCOC(=O)C1=C(C)N=c2s/c(=C3\C(=O)Nc4ccc(Br)cc43)c(=O)n2[C@H]1c1ccc(N(C)C)cc1. The fourth-order valence-electron chi connectivity index (χ4n) is 4.48. The van der Waals surface area contributed by atoms with Gasteiger partial charge in [-0.2, -0.15) is 0 Å². The molecule has 0 fully saturated rings. The van der Waals surface area contributed by atoms with E-state index < -0.39 is 12.0 Å². The molecule has 0 saturated carbocycles. The van der Waals surface area contributed by atoms with E-state index in [1.165, 1.54) is 4.57 Å². The first-order chi connectivity index (χ1) is 17.2. The van der Waals surface area contributed by atoms with E-state index in [-0.39, 0.29) is 22.6 Å². The van der Waals surface area contributed by atoms with Crippen LogP contribution in [0.2, 0.25) is 0 Å². The van der Waals surface area contributed by atoms with Crippen LogP contribution >= 0.6 is 27.3 Å². The van der Waals surface area contributed by atoms with Crippen molar-refractivity contribution in [3.05, 3.63) is 89.0 Å². The zero-order valence-corrected chi connectivity index (χ0v) is 22.5. The molecule has 10 heteroatoms. The van der Waals surface area contributed by atoms with Crippen LogP contribution in [0.5, 0.6) is 0 Å². The lowest BCUT2D eigenvalue weighted by Crippen LogP contribution is -2.40. The van der Waals surface area contributed by atoms with Gasteiger partial charge in [0, 0.05) is 35.5 Å². The number of amides is 1. The topological polar surface area (TPSA) is 93.0 Å². The first-order valence-electron chi connectivity index (χ1n) is 11.3. The van der Waals surface area contributed by atoms with E-state index in [2.05, 4.69) is 26.2 Å². The second-order valence-corrected chi connectivity index (χ2v) is 10.5. The van der Waals surface area contributed by atoms with Gasteiger partial charge in [-0.25, -0.2) is 9.79 Å². The summed E-state index contributed by atoms with van der Waals surface area (Å²) in [7, 11) is 3.88. The van der Waals surface area contributed by atoms with Gasteiger partial charge in [-0.05, 0) is 49.7 Å². The summed E-state index contributed by atoms with van der Waals surface area (Å²) in [6.07, 6.45) is 0. The molecule has 5 rings (SSSR count). The summed E-state index contributed by atoms with van der Waals surface area (Å²) in [6, 6.07) is 12.4. The molecule has 1 aromatic heterocycles.